The van der Waals surface area contributed by atoms with Crippen LogP contribution in [0.1, 0.15) is 34.1 Å². The van der Waals surface area contributed by atoms with E-state index in [1.807, 2.05) is 20.9 Å². The highest BCUT2D eigenvalue weighted by molar-refractivity contribution is 5.28. The van der Waals surface area contributed by atoms with Gasteiger partial charge in [0.15, 0.2) is 0 Å². The van der Waals surface area contributed by atoms with E-state index in [9.17, 15) is 0 Å². The number of nitrogens with one attached hydrogen (secondary N) is 1. The van der Waals surface area contributed by atoms with Gasteiger partial charge in [0.1, 0.15) is 0 Å². The Balaban J connectivity index is 2.27. The highest BCUT2D eigenvalue weighted by atomic mass is 15.1. The predicted molar refractivity (Wildman–Crippen MR) is 78.2 cm³/mol. The highest BCUT2D eigenvalue weighted by Gasteiger charge is 2.14. The smallest absolute Gasteiger partial charge is 0.0648 e. The molecule has 0 bridgehead atoms. The van der Waals surface area contributed by atoms with E-state index in [1.165, 1.54) is 16.7 Å². The summed E-state index contributed by atoms with van der Waals surface area (Å²) >= 11 is 0. The lowest BCUT2D eigenvalue weighted by Crippen LogP contribution is -2.20. The van der Waals surface area contributed by atoms with Gasteiger partial charge >= 0.3 is 0 Å². The minimum atomic E-state index is 0.274. The topological polar surface area (TPSA) is 37.8 Å². The van der Waals surface area contributed by atoms with E-state index in [-0.39, 0.29) is 6.04 Å². The van der Waals surface area contributed by atoms with E-state index in [0.717, 1.165) is 17.8 Å². The zero-order valence-electron chi connectivity index (χ0n) is 12.1. The SMILES string of the molecule is CNC(Cc1cccc(C)c1)c1cc(C)nnc1C. The van der Waals surface area contributed by atoms with Gasteiger partial charge in [0.2, 0.25) is 0 Å². The quantitative estimate of drug-likeness (QED) is 0.913. The maximum Gasteiger partial charge on any atom is 0.0648 e. The van der Waals surface area contributed by atoms with Gasteiger partial charge in [-0.2, -0.15) is 10.2 Å². The summed E-state index contributed by atoms with van der Waals surface area (Å²) in [6.45, 7) is 6.12. The summed E-state index contributed by atoms with van der Waals surface area (Å²) in [5.41, 5.74) is 5.83. The average molecular weight is 255 g/mol. The van der Waals surface area contributed by atoms with Crippen LogP contribution < -0.4 is 5.32 Å². The number of hydrogen-bond donors (Lipinski definition) is 1. The molecular formula is C16H21N3. The molecule has 0 amide bonds. The fourth-order valence-electron chi connectivity index (χ4n) is 2.37. The first-order valence-electron chi connectivity index (χ1n) is 6.64. The summed E-state index contributed by atoms with van der Waals surface area (Å²) in [5, 5.41) is 11.7. The average Bonchev–Trinajstić information content (AvgIpc) is 2.39. The molecule has 0 aliphatic rings. The molecule has 2 aromatic rings. The molecule has 1 aromatic heterocycles. The van der Waals surface area contributed by atoms with Crippen molar-refractivity contribution in [1.82, 2.24) is 15.5 Å². The van der Waals surface area contributed by atoms with Gasteiger partial charge in [-0.3, -0.25) is 0 Å². The van der Waals surface area contributed by atoms with Crippen molar-refractivity contribution in [2.75, 3.05) is 7.05 Å². The summed E-state index contributed by atoms with van der Waals surface area (Å²) < 4.78 is 0. The monoisotopic (exact) mass is 255 g/mol. The Kier molecular flexibility index (Phi) is 4.27. The largest absolute Gasteiger partial charge is 0.313 e. The maximum atomic E-state index is 4.22. The fourth-order valence-corrected chi connectivity index (χ4v) is 2.37. The molecule has 1 aromatic carbocycles. The molecule has 0 aliphatic carbocycles. The molecular weight excluding hydrogens is 234 g/mol. The van der Waals surface area contributed by atoms with Crippen molar-refractivity contribution in [3.63, 3.8) is 0 Å². The van der Waals surface area contributed by atoms with Crippen molar-refractivity contribution in [2.45, 2.75) is 33.2 Å². The maximum absolute atomic E-state index is 4.22. The molecule has 0 spiro atoms. The van der Waals surface area contributed by atoms with Crippen LogP contribution in [0.5, 0.6) is 0 Å². The number of nitrogens with zero attached hydrogens (tertiary/aromatic N) is 2. The van der Waals surface area contributed by atoms with Crippen LogP contribution in [0.4, 0.5) is 0 Å². The number of hydrogen-bond acceptors (Lipinski definition) is 3. The first-order valence-corrected chi connectivity index (χ1v) is 6.64. The van der Waals surface area contributed by atoms with Crippen molar-refractivity contribution in [2.24, 2.45) is 0 Å². The lowest BCUT2D eigenvalue weighted by Gasteiger charge is -2.18. The molecule has 1 atom stereocenters. The minimum absolute atomic E-state index is 0.274. The third-order valence-electron chi connectivity index (χ3n) is 3.39. The van der Waals surface area contributed by atoms with Gasteiger partial charge in [-0.25, -0.2) is 0 Å². The van der Waals surface area contributed by atoms with E-state index >= 15 is 0 Å². The van der Waals surface area contributed by atoms with Crippen molar-refractivity contribution in [3.05, 3.63) is 58.4 Å². The summed E-state index contributed by atoms with van der Waals surface area (Å²) in [7, 11) is 2.00. The van der Waals surface area contributed by atoms with Crippen molar-refractivity contribution >= 4 is 0 Å². The van der Waals surface area contributed by atoms with Crippen LogP contribution in [0.25, 0.3) is 0 Å². The van der Waals surface area contributed by atoms with Crippen LogP contribution in [-0.2, 0) is 6.42 Å². The van der Waals surface area contributed by atoms with E-state index in [2.05, 4.69) is 52.8 Å². The molecule has 3 nitrogen and oxygen atoms in total. The number of benzene rings is 1. The molecule has 0 aliphatic heterocycles. The molecule has 2 rings (SSSR count). The van der Waals surface area contributed by atoms with Crippen molar-refractivity contribution < 1.29 is 0 Å². The van der Waals surface area contributed by atoms with Crippen molar-refractivity contribution in [3.8, 4) is 0 Å². The minimum Gasteiger partial charge on any atom is -0.313 e. The highest BCUT2D eigenvalue weighted by Crippen LogP contribution is 2.21. The lowest BCUT2D eigenvalue weighted by molar-refractivity contribution is 0.582. The zero-order valence-corrected chi connectivity index (χ0v) is 12.1. The summed E-state index contributed by atoms with van der Waals surface area (Å²) in [5.74, 6) is 0. The summed E-state index contributed by atoms with van der Waals surface area (Å²) in [6, 6.07) is 11.0. The van der Waals surface area contributed by atoms with Crippen LogP contribution in [0.2, 0.25) is 0 Å². The predicted octanol–water partition coefficient (Wildman–Crippen LogP) is 2.91. The Labute approximate surface area is 115 Å². The molecule has 0 fully saturated rings. The van der Waals surface area contributed by atoms with Crippen LogP contribution in [0, 0.1) is 20.8 Å². The Morgan fingerprint density at radius 2 is 1.89 bits per heavy atom. The van der Waals surface area contributed by atoms with E-state index < -0.39 is 0 Å². The molecule has 0 saturated carbocycles. The third kappa shape index (κ3) is 3.38. The Morgan fingerprint density at radius 3 is 2.58 bits per heavy atom. The van der Waals surface area contributed by atoms with E-state index in [1.54, 1.807) is 0 Å². The second-order valence-corrected chi connectivity index (χ2v) is 5.06. The van der Waals surface area contributed by atoms with Gasteiger partial charge in [0, 0.05) is 6.04 Å². The van der Waals surface area contributed by atoms with Gasteiger partial charge in [-0.15, -0.1) is 0 Å². The second kappa shape index (κ2) is 5.93. The Bertz CT molecular complexity index is 564. The van der Waals surface area contributed by atoms with Gasteiger partial charge in [0.25, 0.3) is 0 Å². The van der Waals surface area contributed by atoms with Gasteiger partial charge in [-0.05, 0) is 51.4 Å². The molecule has 100 valence electrons. The van der Waals surface area contributed by atoms with Gasteiger partial charge in [-0.1, -0.05) is 29.8 Å². The molecule has 19 heavy (non-hydrogen) atoms. The molecule has 0 radical (unpaired) electrons. The lowest BCUT2D eigenvalue weighted by atomic mass is 9.97. The first-order chi connectivity index (χ1) is 9.10. The van der Waals surface area contributed by atoms with Crippen LogP contribution in [0.3, 0.4) is 0 Å². The number of aromatic nitrogens is 2. The van der Waals surface area contributed by atoms with E-state index in [4.69, 9.17) is 0 Å². The first kappa shape index (κ1) is 13.7. The second-order valence-electron chi connectivity index (χ2n) is 5.06. The third-order valence-corrected chi connectivity index (χ3v) is 3.39. The fraction of sp³-hybridized carbons (Fsp3) is 0.375. The standard InChI is InChI=1S/C16H21N3/c1-11-6-5-7-14(8-11)10-16(17-4)15-9-12(2)18-19-13(15)3/h5-9,16-17H,10H2,1-4H3. The number of likely N-dealkylation sites (N-methyl/N-ethyl adjacent to an activating group) is 1. The number of aryl methyl sites for hydroxylation is 3. The summed E-state index contributed by atoms with van der Waals surface area (Å²) in [6.07, 6.45) is 0.962. The van der Waals surface area contributed by atoms with Gasteiger partial charge in [0.05, 0.1) is 11.4 Å². The van der Waals surface area contributed by atoms with Crippen LogP contribution in [0.15, 0.2) is 30.3 Å². The molecule has 3 heteroatoms. The Morgan fingerprint density at radius 1 is 1.11 bits per heavy atom. The molecule has 1 heterocycles. The van der Waals surface area contributed by atoms with Crippen LogP contribution >= 0.6 is 0 Å². The van der Waals surface area contributed by atoms with Crippen LogP contribution in [-0.4, -0.2) is 17.2 Å². The normalized spacial score (nSPS) is 12.4. The van der Waals surface area contributed by atoms with Crippen molar-refractivity contribution in [1.29, 1.82) is 0 Å². The van der Waals surface area contributed by atoms with Gasteiger partial charge < -0.3 is 5.32 Å². The summed E-state index contributed by atoms with van der Waals surface area (Å²) in [4.78, 5) is 0. The molecule has 1 N–H and O–H groups in total. The van der Waals surface area contributed by atoms with E-state index in [0.29, 0.717) is 0 Å². The molecule has 0 saturated heterocycles. The number of rotatable bonds is 4. The Hall–Kier alpha value is -1.74. The molecule has 1 unspecified atom stereocenters. The zero-order chi connectivity index (χ0) is 13.8.